The van der Waals surface area contributed by atoms with Crippen molar-refractivity contribution in [1.82, 2.24) is 20.5 Å². The molecule has 7 nitrogen and oxygen atoms in total. The molecule has 1 saturated heterocycles. The molecule has 2 aromatic rings. The number of nitrogens with one attached hydrogen (secondary N) is 2. The lowest BCUT2D eigenvalue weighted by atomic mass is 10.1. The van der Waals surface area contributed by atoms with Crippen LogP contribution in [0.4, 0.5) is 13.2 Å². The Morgan fingerprint density at radius 1 is 1.25 bits per heavy atom. The van der Waals surface area contributed by atoms with E-state index >= 15 is 0 Å². The van der Waals surface area contributed by atoms with Gasteiger partial charge in [-0.15, -0.1) is 11.3 Å². The molecule has 2 heterocycles. The molecule has 0 bridgehead atoms. The highest BCUT2D eigenvalue weighted by atomic mass is 32.1. The fraction of sp³-hybridized carbons (Fsp3) is 0.429. The van der Waals surface area contributed by atoms with E-state index in [0.717, 1.165) is 33.5 Å². The van der Waals surface area contributed by atoms with E-state index in [1.165, 1.54) is 11.3 Å². The number of amides is 3. The molecule has 0 spiro atoms. The van der Waals surface area contributed by atoms with E-state index < -0.39 is 36.0 Å². The number of hydrogen-bond donors (Lipinski definition) is 2. The van der Waals surface area contributed by atoms with Crippen LogP contribution in [-0.2, 0) is 20.9 Å². The maximum absolute atomic E-state index is 13.3. The summed E-state index contributed by atoms with van der Waals surface area (Å²) in [6.07, 6.45) is -4.30. The molecule has 3 rings (SSSR count). The van der Waals surface area contributed by atoms with Gasteiger partial charge in [0.1, 0.15) is 6.04 Å². The third kappa shape index (κ3) is 5.45. The van der Waals surface area contributed by atoms with Crippen molar-refractivity contribution in [2.24, 2.45) is 0 Å². The van der Waals surface area contributed by atoms with Crippen molar-refractivity contribution in [3.05, 3.63) is 41.0 Å². The highest BCUT2D eigenvalue weighted by Crippen LogP contribution is 2.28. The molecule has 3 amide bonds. The molecular weight excluding hydrogens is 445 g/mol. The molecule has 2 N–H and O–H groups in total. The van der Waals surface area contributed by atoms with Gasteiger partial charge in [-0.05, 0) is 30.9 Å². The fourth-order valence-corrected chi connectivity index (χ4v) is 4.43. The molecular formula is C21H23F3N4O3S. The Balaban J connectivity index is 1.63. The van der Waals surface area contributed by atoms with Crippen LogP contribution in [-0.4, -0.2) is 52.4 Å². The Hall–Kier alpha value is -2.95. The van der Waals surface area contributed by atoms with Gasteiger partial charge in [-0.3, -0.25) is 14.4 Å². The zero-order valence-electron chi connectivity index (χ0n) is 17.5. The predicted octanol–water partition coefficient (Wildman–Crippen LogP) is 2.79. The van der Waals surface area contributed by atoms with Crippen LogP contribution < -0.4 is 10.6 Å². The minimum atomic E-state index is -4.95. The first-order valence-electron chi connectivity index (χ1n) is 9.99. The lowest BCUT2D eigenvalue weighted by molar-refractivity contribution is -0.178. The summed E-state index contributed by atoms with van der Waals surface area (Å²) in [5.41, 5.74) is 4.51. The molecule has 2 atom stereocenters. The Bertz CT molecular complexity index is 991. The van der Waals surface area contributed by atoms with E-state index in [2.05, 4.69) is 10.3 Å². The van der Waals surface area contributed by atoms with Crippen LogP contribution in [0.1, 0.15) is 31.0 Å². The second kappa shape index (κ2) is 9.68. The van der Waals surface area contributed by atoms with Crippen molar-refractivity contribution in [2.75, 3.05) is 6.54 Å². The Morgan fingerprint density at radius 3 is 2.50 bits per heavy atom. The summed E-state index contributed by atoms with van der Waals surface area (Å²) in [4.78, 5) is 42.5. The molecule has 1 aromatic heterocycles. The molecule has 32 heavy (non-hydrogen) atoms. The number of aryl methyl sites for hydroxylation is 1. The maximum Gasteiger partial charge on any atom is 0.417 e. The Morgan fingerprint density at radius 2 is 1.94 bits per heavy atom. The number of alkyl halides is 3. The van der Waals surface area contributed by atoms with Crippen LogP contribution in [0, 0.1) is 6.92 Å². The van der Waals surface area contributed by atoms with Crippen molar-refractivity contribution in [3.63, 3.8) is 0 Å². The largest absolute Gasteiger partial charge is 0.417 e. The molecule has 11 heteroatoms. The highest BCUT2D eigenvalue weighted by Gasteiger charge is 2.49. The average molecular weight is 469 g/mol. The monoisotopic (exact) mass is 468 g/mol. The van der Waals surface area contributed by atoms with Gasteiger partial charge in [-0.1, -0.05) is 24.3 Å². The lowest BCUT2D eigenvalue weighted by Gasteiger charge is -2.29. The van der Waals surface area contributed by atoms with Gasteiger partial charge in [0.2, 0.25) is 17.9 Å². The van der Waals surface area contributed by atoms with Gasteiger partial charge in [0.05, 0.1) is 16.1 Å². The van der Waals surface area contributed by atoms with E-state index in [1.54, 1.807) is 10.8 Å². The quantitative estimate of drug-likeness (QED) is 0.682. The second-order valence-corrected chi connectivity index (χ2v) is 8.40. The predicted molar refractivity (Wildman–Crippen MR) is 113 cm³/mol. The van der Waals surface area contributed by atoms with Crippen LogP contribution in [0.25, 0.3) is 10.4 Å². The topological polar surface area (TPSA) is 91.4 Å². The van der Waals surface area contributed by atoms with Gasteiger partial charge in [0.15, 0.2) is 0 Å². The second-order valence-electron chi connectivity index (χ2n) is 7.55. The summed E-state index contributed by atoms with van der Waals surface area (Å²) in [6.45, 7) is 3.02. The molecule has 0 saturated carbocycles. The number of carbonyl (C=O) groups is 3. The van der Waals surface area contributed by atoms with Crippen LogP contribution in [0.5, 0.6) is 0 Å². The first-order valence-corrected chi connectivity index (χ1v) is 10.9. The van der Waals surface area contributed by atoms with Gasteiger partial charge >= 0.3 is 6.18 Å². The van der Waals surface area contributed by atoms with Crippen LogP contribution in [0.2, 0.25) is 0 Å². The lowest BCUT2D eigenvalue weighted by Crippen LogP contribution is -2.58. The molecule has 0 radical (unpaired) electrons. The third-order valence-corrected chi connectivity index (χ3v) is 6.17. The van der Waals surface area contributed by atoms with Gasteiger partial charge in [-0.25, -0.2) is 4.98 Å². The fourth-order valence-electron chi connectivity index (χ4n) is 3.62. The van der Waals surface area contributed by atoms with Gasteiger partial charge < -0.3 is 15.5 Å². The van der Waals surface area contributed by atoms with Gasteiger partial charge in [0.25, 0.3) is 5.91 Å². The van der Waals surface area contributed by atoms with E-state index in [-0.39, 0.29) is 19.5 Å². The van der Waals surface area contributed by atoms with E-state index in [1.807, 2.05) is 31.2 Å². The number of likely N-dealkylation sites (tertiary alicyclic amines) is 1. The first-order chi connectivity index (χ1) is 15.1. The minimum Gasteiger partial charge on any atom is -0.350 e. The normalized spacial score (nSPS) is 17.2. The van der Waals surface area contributed by atoms with Gasteiger partial charge in [-0.2, -0.15) is 13.2 Å². The average Bonchev–Trinajstić information content (AvgIpc) is 3.38. The van der Waals surface area contributed by atoms with Crippen molar-refractivity contribution in [3.8, 4) is 10.4 Å². The number of carbonyl (C=O) groups excluding carboxylic acids is 3. The molecule has 0 aliphatic carbocycles. The highest BCUT2D eigenvalue weighted by molar-refractivity contribution is 7.13. The maximum atomic E-state index is 13.3. The number of aromatic nitrogens is 1. The molecule has 2 unspecified atom stereocenters. The zero-order chi connectivity index (χ0) is 23.5. The van der Waals surface area contributed by atoms with Crippen molar-refractivity contribution < 1.29 is 27.6 Å². The van der Waals surface area contributed by atoms with Crippen LogP contribution >= 0.6 is 11.3 Å². The number of hydrogen-bond acceptors (Lipinski definition) is 5. The SMILES string of the molecule is CC(=O)NC(C(=O)N1CCCC1C(=O)NCc1ccc(-c2scnc2C)cc1)C(F)(F)F. The van der Waals surface area contributed by atoms with Crippen molar-refractivity contribution in [2.45, 2.75) is 51.5 Å². The van der Waals surface area contributed by atoms with E-state index in [4.69, 9.17) is 0 Å². The number of nitrogens with zero attached hydrogens (tertiary/aromatic N) is 2. The number of rotatable bonds is 6. The Kier molecular flexibility index (Phi) is 7.17. The minimum absolute atomic E-state index is 0.0198. The summed E-state index contributed by atoms with van der Waals surface area (Å²) in [6, 6.07) is 3.84. The van der Waals surface area contributed by atoms with E-state index in [9.17, 15) is 27.6 Å². The first kappa shape index (κ1) is 23.7. The zero-order valence-corrected chi connectivity index (χ0v) is 18.3. The summed E-state index contributed by atoms with van der Waals surface area (Å²) in [5.74, 6) is -2.82. The van der Waals surface area contributed by atoms with Crippen molar-refractivity contribution in [1.29, 1.82) is 0 Å². The Labute approximate surface area is 187 Å². The van der Waals surface area contributed by atoms with Crippen LogP contribution in [0.3, 0.4) is 0 Å². The van der Waals surface area contributed by atoms with Crippen LogP contribution in [0.15, 0.2) is 29.8 Å². The smallest absolute Gasteiger partial charge is 0.350 e. The standard InChI is InChI=1S/C21H23F3N4O3S/c1-12-17(32-11-26-12)15-7-5-14(6-8-15)10-25-19(30)16-4-3-9-28(16)20(31)18(21(22,23)24)27-13(2)29/h5-8,11,16,18H,3-4,9-10H2,1-2H3,(H,25,30)(H,27,29). The summed E-state index contributed by atoms with van der Waals surface area (Å²) < 4.78 is 39.8. The molecule has 1 aliphatic rings. The summed E-state index contributed by atoms with van der Waals surface area (Å²) >= 11 is 1.53. The summed E-state index contributed by atoms with van der Waals surface area (Å²) in [5, 5.41) is 4.34. The molecule has 1 fully saturated rings. The van der Waals surface area contributed by atoms with Crippen molar-refractivity contribution >= 4 is 29.1 Å². The molecule has 1 aromatic carbocycles. The number of thiazole rings is 1. The number of benzene rings is 1. The van der Waals surface area contributed by atoms with E-state index in [0.29, 0.717) is 6.42 Å². The molecule has 1 aliphatic heterocycles. The molecule has 172 valence electrons. The summed E-state index contributed by atoms with van der Waals surface area (Å²) in [7, 11) is 0. The number of halogens is 3. The third-order valence-electron chi connectivity index (χ3n) is 5.19. The van der Waals surface area contributed by atoms with Gasteiger partial charge in [0, 0.05) is 20.0 Å².